The van der Waals surface area contributed by atoms with Crippen molar-refractivity contribution < 1.29 is 0 Å². The second kappa shape index (κ2) is 3.28. The molecule has 0 bridgehead atoms. The van der Waals surface area contributed by atoms with E-state index in [2.05, 4.69) is 41.7 Å². The smallest absolute Gasteiger partial charge is 0.0124 e. The Balaban J connectivity index is 2.14. The predicted molar refractivity (Wildman–Crippen MR) is 64.0 cm³/mol. The average Bonchev–Trinajstić information content (AvgIpc) is 2.74. The van der Waals surface area contributed by atoms with E-state index in [1.54, 1.807) is 0 Å². The zero-order valence-electron chi connectivity index (χ0n) is 8.22. The maximum Gasteiger partial charge on any atom is -0.0124 e. The zero-order chi connectivity index (χ0) is 10.1. The number of rotatable bonds is 0. The maximum absolute atomic E-state index is 4.37. The molecule has 0 atom stereocenters. The van der Waals surface area contributed by atoms with Crippen LogP contribution in [0.3, 0.4) is 0 Å². The van der Waals surface area contributed by atoms with Crippen molar-refractivity contribution in [1.29, 1.82) is 0 Å². The monoisotopic (exact) mass is 192 g/mol. The molecule has 0 spiro atoms. The lowest BCUT2D eigenvalue weighted by Gasteiger charge is -2.23. The molecule has 0 N–H and O–H groups in total. The van der Waals surface area contributed by atoms with E-state index in [0.29, 0.717) is 0 Å². The van der Waals surface area contributed by atoms with E-state index in [1.165, 1.54) is 16.7 Å². The number of nitrogens with zero attached hydrogens (tertiary/aromatic N) is 1. The van der Waals surface area contributed by atoms with Crippen LogP contribution in [0.5, 0.6) is 0 Å². The van der Waals surface area contributed by atoms with E-state index in [9.17, 15) is 0 Å². The van der Waals surface area contributed by atoms with Gasteiger partial charge in [0.05, 0.1) is 0 Å². The molecule has 0 fully saturated rings. The topological polar surface area (TPSA) is 14.1 Å². The lowest BCUT2D eigenvalue weighted by Crippen LogP contribution is -1.86. The van der Waals surface area contributed by atoms with Gasteiger partial charge in [-0.1, -0.05) is 54.6 Å². The largest absolute Gasteiger partial charge is 0.664 e. The first kappa shape index (κ1) is 8.30. The van der Waals surface area contributed by atoms with Crippen molar-refractivity contribution >= 4 is 11.6 Å². The van der Waals surface area contributed by atoms with Gasteiger partial charge in [-0.15, -0.1) is 5.70 Å². The van der Waals surface area contributed by atoms with Crippen molar-refractivity contribution in [2.75, 3.05) is 0 Å². The molecule has 0 amide bonds. The van der Waals surface area contributed by atoms with Crippen LogP contribution in [0.1, 0.15) is 11.1 Å². The molecule has 1 heteroatoms. The molecule has 0 radical (unpaired) electrons. The van der Waals surface area contributed by atoms with Gasteiger partial charge in [-0.3, -0.25) is 0 Å². The number of hydrogen-bond donors (Lipinski definition) is 0. The van der Waals surface area contributed by atoms with Crippen LogP contribution in [0.2, 0.25) is 0 Å². The molecule has 1 heterocycles. The summed E-state index contributed by atoms with van der Waals surface area (Å²) in [6.07, 6.45) is 12.1. The molecule has 72 valence electrons. The Morgan fingerprint density at radius 2 is 1.80 bits per heavy atom. The van der Waals surface area contributed by atoms with E-state index < -0.39 is 0 Å². The van der Waals surface area contributed by atoms with E-state index in [0.717, 1.165) is 5.70 Å². The van der Waals surface area contributed by atoms with Crippen LogP contribution < -0.4 is 0 Å². The summed E-state index contributed by atoms with van der Waals surface area (Å²) in [4.78, 5) is 0. The summed E-state index contributed by atoms with van der Waals surface area (Å²) in [6.45, 7) is 0. The van der Waals surface area contributed by atoms with Gasteiger partial charge in [-0.05, 0) is 16.7 Å². The molecule has 0 saturated carbocycles. The minimum atomic E-state index is 1.04. The van der Waals surface area contributed by atoms with Gasteiger partial charge in [0.1, 0.15) is 0 Å². The fourth-order valence-electron chi connectivity index (χ4n) is 1.90. The fourth-order valence-corrected chi connectivity index (χ4v) is 1.90. The molecule has 1 aliphatic carbocycles. The molecule has 15 heavy (non-hydrogen) atoms. The van der Waals surface area contributed by atoms with Crippen LogP contribution in [-0.4, -0.2) is 0 Å². The van der Waals surface area contributed by atoms with Gasteiger partial charge < -0.3 is 5.32 Å². The Morgan fingerprint density at radius 1 is 0.867 bits per heavy atom. The summed E-state index contributed by atoms with van der Waals surface area (Å²) in [5.41, 5.74) is 4.80. The van der Waals surface area contributed by atoms with E-state index in [1.807, 2.05) is 24.4 Å². The first-order valence-electron chi connectivity index (χ1n) is 5.01. The molecule has 1 aliphatic heterocycles. The third-order valence-electron chi connectivity index (χ3n) is 2.62. The van der Waals surface area contributed by atoms with Crippen molar-refractivity contribution in [2.24, 2.45) is 0 Å². The summed E-state index contributed by atoms with van der Waals surface area (Å²) >= 11 is 0. The lowest BCUT2D eigenvalue weighted by molar-refractivity contribution is 1.53. The van der Waals surface area contributed by atoms with E-state index >= 15 is 0 Å². The first-order valence-corrected chi connectivity index (χ1v) is 5.01. The van der Waals surface area contributed by atoms with Crippen molar-refractivity contribution in [3.63, 3.8) is 0 Å². The molecule has 0 aromatic heterocycles. The molecule has 0 saturated heterocycles. The minimum absolute atomic E-state index is 1.04. The highest BCUT2D eigenvalue weighted by Crippen LogP contribution is 2.34. The van der Waals surface area contributed by atoms with Crippen molar-refractivity contribution in [1.82, 2.24) is 0 Å². The third-order valence-corrected chi connectivity index (χ3v) is 2.62. The van der Waals surface area contributed by atoms with Gasteiger partial charge in [0.15, 0.2) is 0 Å². The number of benzene rings is 1. The second-order valence-corrected chi connectivity index (χ2v) is 3.55. The van der Waals surface area contributed by atoms with Crippen LogP contribution >= 0.6 is 0 Å². The van der Waals surface area contributed by atoms with Gasteiger partial charge in [0.25, 0.3) is 0 Å². The lowest BCUT2D eigenvalue weighted by atomic mass is 10.0. The predicted octanol–water partition coefficient (Wildman–Crippen LogP) is 3.88. The fraction of sp³-hybridized carbons (Fsp3) is 0. The molecule has 1 aromatic carbocycles. The summed E-state index contributed by atoms with van der Waals surface area (Å²) in [5.74, 6) is 0. The first-order chi connectivity index (χ1) is 7.45. The van der Waals surface area contributed by atoms with Crippen LogP contribution in [0, 0.1) is 0 Å². The standard InChI is InChI=1S/C14H10N/c1-2-6-12-11(5-1)8-9-13(12)14-7-3-4-10-15-14/h1-10H/q-1/b14-13+. The van der Waals surface area contributed by atoms with Crippen molar-refractivity contribution in [2.45, 2.75) is 0 Å². The number of fused-ring (bicyclic) bond motifs is 1. The molecule has 1 nitrogen and oxygen atoms in total. The Hall–Kier alpha value is -2.02. The maximum atomic E-state index is 4.37. The van der Waals surface area contributed by atoms with Crippen LogP contribution in [0.4, 0.5) is 0 Å². The van der Waals surface area contributed by atoms with Gasteiger partial charge in [-0.2, -0.15) is 6.20 Å². The van der Waals surface area contributed by atoms with Crippen LogP contribution in [0.25, 0.3) is 17.0 Å². The Morgan fingerprint density at radius 3 is 2.67 bits per heavy atom. The molecule has 1 aromatic rings. The summed E-state index contributed by atoms with van der Waals surface area (Å²) < 4.78 is 0. The summed E-state index contributed by atoms with van der Waals surface area (Å²) in [6, 6.07) is 8.39. The highest BCUT2D eigenvalue weighted by molar-refractivity contribution is 5.93. The van der Waals surface area contributed by atoms with Gasteiger partial charge in [-0.25, -0.2) is 0 Å². The second-order valence-electron chi connectivity index (χ2n) is 3.55. The number of allylic oxidation sites excluding steroid dienone is 5. The molecule has 3 rings (SSSR count). The van der Waals surface area contributed by atoms with Crippen LogP contribution in [-0.2, 0) is 0 Å². The Bertz CT molecular complexity index is 516. The van der Waals surface area contributed by atoms with Crippen molar-refractivity contribution in [3.05, 3.63) is 76.9 Å². The van der Waals surface area contributed by atoms with E-state index in [-0.39, 0.29) is 0 Å². The third kappa shape index (κ3) is 1.33. The SMILES string of the molecule is C1=C[N-]/C(=C2\C=Cc3ccccc32)C=C1. The molecule has 0 unspecified atom stereocenters. The average molecular weight is 192 g/mol. The highest BCUT2D eigenvalue weighted by atomic mass is 14.9. The molecule has 2 aliphatic rings. The summed E-state index contributed by atoms with van der Waals surface area (Å²) in [5, 5.41) is 4.37. The van der Waals surface area contributed by atoms with Crippen LogP contribution in [0.15, 0.2) is 60.5 Å². The summed E-state index contributed by atoms with van der Waals surface area (Å²) in [7, 11) is 0. The molecular formula is C14H10N-. The minimum Gasteiger partial charge on any atom is -0.664 e. The zero-order valence-corrected chi connectivity index (χ0v) is 8.22. The Kier molecular flexibility index (Phi) is 1.82. The van der Waals surface area contributed by atoms with Gasteiger partial charge >= 0.3 is 0 Å². The quantitative estimate of drug-likeness (QED) is 0.592. The van der Waals surface area contributed by atoms with Crippen molar-refractivity contribution in [3.8, 4) is 0 Å². The Labute approximate surface area is 89.1 Å². The number of hydrogen-bond acceptors (Lipinski definition) is 0. The molecular weight excluding hydrogens is 182 g/mol. The van der Waals surface area contributed by atoms with Gasteiger partial charge in [0, 0.05) is 0 Å². The van der Waals surface area contributed by atoms with E-state index in [4.69, 9.17) is 0 Å². The van der Waals surface area contributed by atoms with Gasteiger partial charge in [0.2, 0.25) is 0 Å². The highest BCUT2D eigenvalue weighted by Gasteiger charge is 2.09. The normalized spacial score (nSPS) is 21.6.